The number of hydrogen-bond donors (Lipinski definition) is 1. The lowest BCUT2D eigenvalue weighted by molar-refractivity contribution is -0.279. The molecule has 1 aromatic rings. The highest BCUT2D eigenvalue weighted by atomic mass is 16.6. The van der Waals surface area contributed by atoms with Crippen molar-refractivity contribution in [3.8, 4) is 11.5 Å². The van der Waals surface area contributed by atoms with Crippen LogP contribution in [0.5, 0.6) is 11.5 Å². The summed E-state index contributed by atoms with van der Waals surface area (Å²) in [6, 6.07) is 4.41. The Morgan fingerprint density at radius 2 is 2.00 bits per heavy atom. The molecule has 0 fully saturated rings. The number of rotatable bonds is 2. The third kappa shape index (κ3) is 4.85. The molecule has 0 bridgehead atoms. The van der Waals surface area contributed by atoms with Gasteiger partial charge in [-0.05, 0) is 18.2 Å². The van der Waals surface area contributed by atoms with Crippen LogP contribution in [-0.4, -0.2) is 31.8 Å². The molecule has 0 aliphatic heterocycles. The number of ether oxygens (including phenoxy) is 2. The van der Waals surface area contributed by atoms with Crippen LogP contribution >= 0.6 is 0 Å². The lowest BCUT2D eigenvalue weighted by atomic mass is 10.2. The third-order valence-electron chi connectivity index (χ3n) is 1.51. The number of phenolic OH excluding ortho intramolecular Hbond substituents is 1. The van der Waals surface area contributed by atoms with Crippen LogP contribution in [-0.2, 0) is 4.74 Å². The van der Waals surface area contributed by atoms with E-state index in [1.54, 1.807) is 0 Å². The van der Waals surface area contributed by atoms with E-state index in [9.17, 15) is 4.79 Å². The molecule has 6 nitrogen and oxygen atoms in total. The van der Waals surface area contributed by atoms with Crippen LogP contribution in [0.2, 0.25) is 0 Å². The first kappa shape index (κ1) is 13.8. The van der Waals surface area contributed by atoms with Crippen molar-refractivity contribution < 1.29 is 29.3 Å². The molecule has 0 spiro atoms. The molecule has 16 heavy (non-hydrogen) atoms. The van der Waals surface area contributed by atoms with Gasteiger partial charge in [-0.3, -0.25) is 4.79 Å². The van der Waals surface area contributed by atoms with Crippen LogP contribution in [0.1, 0.15) is 10.4 Å². The van der Waals surface area contributed by atoms with E-state index in [4.69, 9.17) is 19.7 Å². The molecule has 0 saturated carbocycles. The van der Waals surface area contributed by atoms with E-state index in [-0.39, 0.29) is 5.75 Å². The van der Waals surface area contributed by atoms with E-state index in [1.165, 1.54) is 25.3 Å². The molecule has 0 radical (unpaired) electrons. The van der Waals surface area contributed by atoms with Crippen molar-refractivity contribution in [3.63, 3.8) is 0 Å². The van der Waals surface area contributed by atoms with Gasteiger partial charge in [0.1, 0.15) is 6.29 Å². The first-order valence-corrected chi connectivity index (χ1v) is 4.12. The Bertz CT molecular complexity index is 360. The topological polar surface area (TPSA) is 95.9 Å². The maximum Gasteiger partial charge on any atom is 0.251 e. The molecule has 0 aliphatic carbocycles. The van der Waals surface area contributed by atoms with Gasteiger partial charge in [0.2, 0.25) is 0 Å². The van der Waals surface area contributed by atoms with E-state index < -0.39 is 6.16 Å². The second-order valence-corrected chi connectivity index (χ2v) is 2.50. The number of methoxy groups -OCH3 is 2. The largest absolute Gasteiger partial charge is 0.553 e. The molecule has 0 amide bonds. The standard InChI is InChI=1S/C8H8O3.C2H4O3/c1-11-8-4-6(5-9)2-3-7(8)10;1-5-2(3)4/h2-5,10H,1H3;1H3,(H,3,4)/p-1. The number of benzene rings is 1. The van der Waals surface area contributed by atoms with Crippen LogP contribution in [0.15, 0.2) is 18.2 Å². The fourth-order valence-corrected chi connectivity index (χ4v) is 0.768. The van der Waals surface area contributed by atoms with Crippen molar-refractivity contribution in [2.24, 2.45) is 0 Å². The van der Waals surface area contributed by atoms with Gasteiger partial charge >= 0.3 is 0 Å². The Kier molecular flexibility index (Phi) is 6.11. The van der Waals surface area contributed by atoms with Gasteiger partial charge in [0.25, 0.3) is 6.16 Å². The van der Waals surface area contributed by atoms with E-state index in [2.05, 4.69) is 4.74 Å². The first-order valence-electron chi connectivity index (χ1n) is 4.12. The van der Waals surface area contributed by atoms with Crippen molar-refractivity contribution in [1.29, 1.82) is 0 Å². The second-order valence-electron chi connectivity index (χ2n) is 2.50. The Morgan fingerprint density at radius 3 is 2.38 bits per heavy atom. The van der Waals surface area contributed by atoms with E-state index in [1.807, 2.05) is 0 Å². The highest BCUT2D eigenvalue weighted by Gasteiger charge is 2.00. The lowest BCUT2D eigenvalue weighted by Gasteiger charge is -2.01. The average molecular weight is 227 g/mol. The quantitative estimate of drug-likeness (QED) is 0.572. The normalized spacial score (nSPS) is 8.38. The molecule has 1 N–H and O–H groups in total. The SMILES string of the molecule is COC(=O)[O-].COc1cc(C=O)ccc1O. The van der Waals surface area contributed by atoms with Crippen molar-refractivity contribution in [1.82, 2.24) is 0 Å². The van der Waals surface area contributed by atoms with E-state index >= 15 is 0 Å². The molecule has 6 heteroatoms. The molecule has 0 aliphatic rings. The number of phenols is 1. The van der Waals surface area contributed by atoms with E-state index in [0.29, 0.717) is 17.6 Å². The number of carbonyl (C=O) groups excluding carboxylic acids is 2. The van der Waals surface area contributed by atoms with Crippen molar-refractivity contribution in [2.75, 3.05) is 14.2 Å². The maximum atomic E-state index is 10.2. The van der Waals surface area contributed by atoms with Crippen LogP contribution in [0.25, 0.3) is 0 Å². The Morgan fingerprint density at radius 1 is 1.44 bits per heavy atom. The zero-order chi connectivity index (χ0) is 12.6. The summed E-state index contributed by atoms with van der Waals surface area (Å²) in [4.78, 5) is 19.3. The van der Waals surface area contributed by atoms with Gasteiger partial charge in [-0.1, -0.05) is 0 Å². The van der Waals surface area contributed by atoms with Gasteiger partial charge in [0.05, 0.1) is 7.11 Å². The fraction of sp³-hybridized carbons (Fsp3) is 0.200. The summed E-state index contributed by atoms with van der Waals surface area (Å²) in [5, 5.41) is 18.1. The van der Waals surface area contributed by atoms with E-state index in [0.717, 1.165) is 7.11 Å². The average Bonchev–Trinajstić information content (AvgIpc) is 2.30. The molecule has 0 saturated heterocycles. The van der Waals surface area contributed by atoms with Crippen molar-refractivity contribution >= 4 is 12.4 Å². The highest BCUT2D eigenvalue weighted by molar-refractivity contribution is 5.76. The molecule has 0 atom stereocenters. The van der Waals surface area contributed by atoms with Crippen LogP contribution in [0, 0.1) is 0 Å². The first-order chi connectivity index (χ1) is 7.54. The Balaban J connectivity index is 0.000000385. The predicted molar refractivity (Wildman–Crippen MR) is 52.5 cm³/mol. The summed E-state index contributed by atoms with van der Waals surface area (Å²) in [5.41, 5.74) is 0.486. The number of carboxylic acid groups (broad SMARTS) is 1. The van der Waals surface area contributed by atoms with Gasteiger partial charge in [-0.25, -0.2) is 0 Å². The number of hydrogen-bond acceptors (Lipinski definition) is 6. The smallest absolute Gasteiger partial charge is 0.251 e. The zero-order valence-electron chi connectivity index (χ0n) is 8.80. The predicted octanol–water partition coefficient (Wildman–Crippen LogP) is 0.189. The van der Waals surface area contributed by atoms with Crippen molar-refractivity contribution in [2.45, 2.75) is 0 Å². The molecular formula is C10H11O6-. The molecule has 0 heterocycles. The van der Waals surface area contributed by atoms with Crippen LogP contribution in [0.3, 0.4) is 0 Å². The summed E-state index contributed by atoms with van der Waals surface area (Å²) in [7, 11) is 2.47. The minimum absolute atomic E-state index is 0.0399. The van der Waals surface area contributed by atoms with Gasteiger partial charge in [0.15, 0.2) is 11.5 Å². The fourth-order valence-electron chi connectivity index (χ4n) is 0.768. The minimum Gasteiger partial charge on any atom is -0.553 e. The van der Waals surface area contributed by atoms with Gasteiger partial charge in [-0.2, -0.15) is 0 Å². The lowest BCUT2D eigenvalue weighted by Crippen LogP contribution is -2.21. The number of aldehydes is 1. The summed E-state index contributed by atoms with van der Waals surface area (Å²) in [5.74, 6) is 0.354. The van der Waals surface area contributed by atoms with Gasteiger partial charge < -0.3 is 24.5 Å². The molecule has 1 aromatic carbocycles. The summed E-state index contributed by atoms with van der Waals surface area (Å²) in [6.45, 7) is 0. The van der Waals surface area contributed by atoms with Gasteiger partial charge in [-0.15, -0.1) is 0 Å². The van der Waals surface area contributed by atoms with Crippen LogP contribution < -0.4 is 9.84 Å². The number of aromatic hydroxyl groups is 1. The molecule has 0 aromatic heterocycles. The Hall–Kier alpha value is -2.24. The molecule has 88 valence electrons. The summed E-state index contributed by atoms with van der Waals surface area (Å²) < 4.78 is 8.33. The highest BCUT2D eigenvalue weighted by Crippen LogP contribution is 2.25. The molecule has 0 unspecified atom stereocenters. The van der Waals surface area contributed by atoms with Crippen LogP contribution in [0.4, 0.5) is 4.79 Å². The summed E-state index contributed by atoms with van der Waals surface area (Å²) >= 11 is 0. The third-order valence-corrected chi connectivity index (χ3v) is 1.51. The minimum atomic E-state index is -1.50. The molecule has 1 rings (SSSR count). The zero-order valence-corrected chi connectivity index (χ0v) is 8.80. The monoisotopic (exact) mass is 227 g/mol. The molecular weight excluding hydrogens is 216 g/mol. The Labute approximate surface area is 92.0 Å². The van der Waals surface area contributed by atoms with Crippen molar-refractivity contribution in [3.05, 3.63) is 23.8 Å². The maximum absolute atomic E-state index is 10.2. The second kappa shape index (κ2) is 7.10. The summed E-state index contributed by atoms with van der Waals surface area (Å²) in [6.07, 6.45) is -0.799. The number of carbonyl (C=O) groups is 2. The van der Waals surface area contributed by atoms with Gasteiger partial charge in [0, 0.05) is 12.7 Å².